The number of likely N-dealkylation sites (tertiary alicyclic amines) is 1. The van der Waals surface area contributed by atoms with Gasteiger partial charge in [0, 0.05) is 34.8 Å². The number of carboxylic acids is 2. The molecule has 234 valence electrons. The molecule has 2 saturated heterocycles. The highest BCUT2D eigenvalue weighted by molar-refractivity contribution is 8.03. The van der Waals surface area contributed by atoms with E-state index in [9.17, 15) is 47.7 Å². The van der Waals surface area contributed by atoms with Gasteiger partial charge in [-0.2, -0.15) is 13.2 Å². The maximum absolute atomic E-state index is 13.8. The summed E-state index contributed by atoms with van der Waals surface area (Å²) in [6.45, 7) is 3.15. The number of aromatic carboxylic acids is 1. The van der Waals surface area contributed by atoms with E-state index in [0.29, 0.717) is 4.91 Å². The SMILES string of the molecule is C[C@@H](O)[C@H]1C(=O)N2C(C(=O)O)=C(S[C@H]3C[C@@H](C(=O)Nc4cccc(C(=O)O)c4)N(Cc4ccccc4C(F)(F)F)C3)[C@H](C)[C@H]12. The number of fused-ring (bicyclic) bond motifs is 1. The molecule has 0 saturated carbocycles. The zero-order valence-corrected chi connectivity index (χ0v) is 24.4. The Hall–Kier alpha value is -3.88. The lowest BCUT2D eigenvalue weighted by Crippen LogP contribution is -2.63. The molecular formula is C30H30F3N3O7S. The zero-order valence-electron chi connectivity index (χ0n) is 23.6. The predicted octanol–water partition coefficient (Wildman–Crippen LogP) is 3.87. The van der Waals surface area contributed by atoms with Gasteiger partial charge in [-0.3, -0.25) is 14.5 Å². The first-order valence-corrected chi connectivity index (χ1v) is 14.8. The highest BCUT2D eigenvalue weighted by Gasteiger charge is 2.60. The number of nitrogens with zero attached hydrogens (tertiary/aromatic N) is 2. The second-order valence-corrected chi connectivity index (χ2v) is 12.6. The Bertz CT molecular complexity index is 1550. The predicted molar refractivity (Wildman–Crippen MR) is 153 cm³/mol. The molecule has 3 aliphatic heterocycles. The van der Waals surface area contributed by atoms with Crippen molar-refractivity contribution in [3.05, 3.63) is 75.8 Å². The third kappa shape index (κ3) is 5.81. The van der Waals surface area contributed by atoms with Gasteiger partial charge < -0.3 is 25.5 Å². The number of aliphatic hydroxyl groups is 1. The van der Waals surface area contributed by atoms with E-state index in [1.165, 1.54) is 66.1 Å². The number of aliphatic hydroxyl groups excluding tert-OH is 1. The van der Waals surface area contributed by atoms with Crippen molar-refractivity contribution < 1.29 is 47.7 Å². The van der Waals surface area contributed by atoms with E-state index in [1.54, 1.807) is 11.8 Å². The standard InChI is InChI=1S/C30H30F3N3O7S/c1-14-23-22(15(2)37)27(39)36(23)24(29(42)43)25(14)44-19-11-21(26(38)34-18-8-5-7-16(10-18)28(40)41)35(13-19)12-17-6-3-4-9-20(17)30(31,32)33/h3-10,14-15,19,21-23,37H,11-13H2,1-2H3,(H,34,38)(H,40,41)(H,42,43)/t14-,15-,19+,21+,22-,23-/m1/s1. The number of hydrogen-bond acceptors (Lipinski definition) is 7. The van der Waals surface area contributed by atoms with Gasteiger partial charge in [0.15, 0.2) is 0 Å². The maximum atomic E-state index is 13.8. The highest BCUT2D eigenvalue weighted by atomic mass is 32.2. The van der Waals surface area contributed by atoms with Gasteiger partial charge in [-0.25, -0.2) is 9.59 Å². The number of carbonyl (C=O) groups excluding carboxylic acids is 2. The number of carboxylic acid groups (broad SMARTS) is 2. The molecule has 44 heavy (non-hydrogen) atoms. The summed E-state index contributed by atoms with van der Waals surface area (Å²) >= 11 is 1.18. The fourth-order valence-electron chi connectivity index (χ4n) is 6.36. The van der Waals surface area contributed by atoms with E-state index in [2.05, 4.69) is 5.32 Å². The summed E-state index contributed by atoms with van der Waals surface area (Å²) in [5.41, 5.74) is -0.908. The van der Waals surface area contributed by atoms with Crippen LogP contribution in [0.1, 0.15) is 41.8 Å². The van der Waals surface area contributed by atoms with Crippen molar-refractivity contribution in [3.63, 3.8) is 0 Å². The Balaban J connectivity index is 1.44. The van der Waals surface area contributed by atoms with Crippen LogP contribution in [0.15, 0.2) is 59.1 Å². The number of alkyl halides is 3. The Labute approximate surface area is 254 Å². The molecule has 3 aliphatic rings. The van der Waals surface area contributed by atoms with Crippen molar-refractivity contribution in [2.75, 3.05) is 11.9 Å². The fourth-order valence-corrected chi connectivity index (χ4v) is 7.92. The molecule has 14 heteroatoms. The minimum absolute atomic E-state index is 0.0365. The van der Waals surface area contributed by atoms with Crippen LogP contribution >= 0.6 is 11.8 Å². The third-order valence-corrected chi connectivity index (χ3v) is 9.84. The number of aliphatic carboxylic acids is 1. The minimum atomic E-state index is -4.62. The number of anilines is 1. The Morgan fingerprint density at radius 1 is 1.09 bits per heavy atom. The molecule has 0 radical (unpaired) electrons. The molecule has 2 aromatic carbocycles. The van der Waals surface area contributed by atoms with Gasteiger partial charge in [0.2, 0.25) is 11.8 Å². The molecule has 0 bridgehead atoms. The van der Waals surface area contributed by atoms with Gasteiger partial charge in [0.05, 0.1) is 35.2 Å². The van der Waals surface area contributed by atoms with E-state index in [4.69, 9.17) is 0 Å². The van der Waals surface area contributed by atoms with Crippen molar-refractivity contribution in [1.29, 1.82) is 0 Å². The Morgan fingerprint density at radius 2 is 1.80 bits per heavy atom. The largest absolute Gasteiger partial charge is 0.478 e. The summed E-state index contributed by atoms with van der Waals surface area (Å²) in [4.78, 5) is 53.2. The molecule has 0 aromatic heterocycles. The van der Waals surface area contributed by atoms with E-state index >= 15 is 0 Å². The van der Waals surface area contributed by atoms with Crippen LogP contribution in [0.5, 0.6) is 0 Å². The molecule has 5 rings (SSSR count). The first-order valence-electron chi connectivity index (χ1n) is 13.9. The molecule has 2 amide bonds. The molecule has 4 N–H and O–H groups in total. The molecule has 0 aliphatic carbocycles. The number of halogens is 3. The van der Waals surface area contributed by atoms with Crippen molar-refractivity contribution >= 4 is 41.2 Å². The monoisotopic (exact) mass is 633 g/mol. The number of benzene rings is 2. The van der Waals surface area contributed by atoms with Crippen LogP contribution < -0.4 is 5.32 Å². The number of carbonyl (C=O) groups is 4. The van der Waals surface area contributed by atoms with Gasteiger partial charge in [0.25, 0.3) is 0 Å². The zero-order chi connectivity index (χ0) is 32.1. The van der Waals surface area contributed by atoms with E-state index < -0.39 is 70.8 Å². The number of β-lactam (4-membered cyclic amide) rings is 1. The molecule has 6 atom stereocenters. The van der Waals surface area contributed by atoms with E-state index in [0.717, 1.165) is 6.07 Å². The van der Waals surface area contributed by atoms with Crippen molar-refractivity contribution in [2.24, 2.45) is 11.8 Å². The second kappa shape index (κ2) is 11.9. The number of amides is 2. The van der Waals surface area contributed by atoms with Gasteiger partial charge in [-0.15, -0.1) is 11.8 Å². The number of hydrogen-bond donors (Lipinski definition) is 4. The molecule has 0 spiro atoms. The molecular weight excluding hydrogens is 603 g/mol. The van der Waals surface area contributed by atoms with Crippen molar-refractivity contribution in [1.82, 2.24) is 9.80 Å². The smallest absolute Gasteiger partial charge is 0.416 e. The topological polar surface area (TPSA) is 147 Å². The average Bonchev–Trinajstić information content (AvgIpc) is 3.44. The maximum Gasteiger partial charge on any atom is 0.416 e. The minimum Gasteiger partial charge on any atom is -0.478 e. The summed E-state index contributed by atoms with van der Waals surface area (Å²) < 4.78 is 41.4. The van der Waals surface area contributed by atoms with Crippen molar-refractivity contribution in [3.8, 4) is 0 Å². The summed E-state index contributed by atoms with van der Waals surface area (Å²) in [6.07, 6.45) is -5.46. The van der Waals surface area contributed by atoms with Crippen LogP contribution in [-0.2, 0) is 27.1 Å². The van der Waals surface area contributed by atoms with Crippen LogP contribution in [0, 0.1) is 11.8 Å². The summed E-state index contributed by atoms with van der Waals surface area (Å²) in [5.74, 6) is -4.72. The molecule has 2 fully saturated rings. The average molecular weight is 634 g/mol. The van der Waals surface area contributed by atoms with Crippen LogP contribution in [0.3, 0.4) is 0 Å². The van der Waals surface area contributed by atoms with E-state index in [-0.39, 0.29) is 42.0 Å². The lowest BCUT2D eigenvalue weighted by molar-refractivity contribution is -0.163. The van der Waals surface area contributed by atoms with Gasteiger partial charge >= 0.3 is 18.1 Å². The summed E-state index contributed by atoms with van der Waals surface area (Å²) in [7, 11) is 0. The molecule has 10 nitrogen and oxygen atoms in total. The fraction of sp³-hybridized carbons (Fsp3) is 0.400. The Morgan fingerprint density at radius 3 is 2.43 bits per heavy atom. The highest BCUT2D eigenvalue weighted by Crippen LogP contribution is 2.52. The molecule has 3 heterocycles. The number of nitrogens with one attached hydrogen (secondary N) is 1. The van der Waals surface area contributed by atoms with E-state index in [1.807, 2.05) is 0 Å². The van der Waals surface area contributed by atoms with Gasteiger partial charge in [-0.1, -0.05) is 31.2 Å². The quantitative estimate of drug-likeness (QED) is 0.302. The first kappa shape index (κ1) is 31.5. The third-order valence-electron chi connectivity index (χ3n) is 8.35. The number of thioether (sulfide) groups is 1. The second-order valence-electron chi connectivity index (χ2n) is 11.2. The van der Waals surface area contributed by atoms with Gasteiger partial charge in [0.1, 0.15) is 5.70 Å². The lowest BCUT2D eigenvalue weighted by atomic mass is 9.79. The van der Waals surface area contributed by atoms with Crippen molar-refractivity contribution in [2.45, 2.75) is 56.4 Å². The normalized spacial score (nSPS) is 25.9. The summed E-state index contributed by atoms with van der Waals surface area (Å²) in [6, 6.07) is 9.17. The first-order chi connectivity index (χ1) is 20.7. The van der Waals surface area contributed by atoms with Crippen LogP contribution in [0.2, 0.25) is 0 Å². The summed E-state index contributed by atoms with van der Waals surface area (Å²) in [5, 5.41) is 31.7. The molecule has 2 aromatic rings. The Kier molecular flexibility index (Phi) is 8.53. The lowest BCUT2D eigenvalue weighted by Gasteiger charge is -2.46. The van der Waals surface area contributed by atoms with Crippen LogP contribution in [0.4, 0.5) is 18.9 Å². The molecule has 0 unspecified atom stereocenters. The number of rotatable bonds is 9. The van der Waals surface area contributed by atoms with Gasteiger partial charge in [-0.05, 0) is 43.2 Å². The van der Waals surface area contributed by atoms with Crippen LogP contribution in [-0.4, -0.2) is 78.9 Å². The van der Waals surface area contributed by atoms with Crippen LogP contribution in [0.25, 0.3) is 0 Å².